The van der Waals surface area contributed by atoms with Crippen LogP contribution in [0.5, 0.6) is 5.75 Å². The van der Waals surface area contributed by atoms with Crippen LogP contribution in [0.3, 0.4) is 0 Å². The van der Waals surface area contributed by atoms with E-state index in [9.17, 15) is 19.5 Å². The van der Waals surface area contributed by atoms with Crippen molar-refractivity contribution in [1.29, 1.82) is 0 Å². The van der Waals surface area contributed by atoms with Crippen LogP contribution in [-0.2, 0) is 9.59 Å². The van der Waals surface area contributed by atoms with Crippen LogP contribution in [0.15, 0.2) is 18.2 Å². The first-order chi connectivity index (χ1) is 12.7. The Hall–Kier alpha value is -2.03. The van der Waals surface area contributed by atoms with E-state index < -0.39 is 23.6 Å². The van der Waals surface area contributed by atoms with E-state index in [1.54, 1.807) is 25.1 Å². The maximum atomic E-state index is 11.9. The maximum Gasteiger partial charge on any atom is 0.322 e. The highest BCUT2D eigenvalue weighted by molar-refractivity contribution is 6.42. The van der Waals surface area contributed by atoms with Gasteiger partial charge in [0.2, 0.25) is 5.91 Å². The van der Waals surface area contributed by atoms with Gasteiger partial charge in [0.05, 0.1) is 5.02 Å². The van der Waals surface area contributed by atoms with E-state index >= 15 is 0 Å². The Kier molecular flexibility index (Phi) is 7.29. The van der Waals surface area contributed by atoms with Gasteiger partial charge in [0.1, 0.15) is 29.0 Å². The molecule has 0 aliphatic carbocycles. The summed E-state index contributed by atoms with van der Waals surface area (Å²) in [4.78, 5) is 34.7. The fourth-order valence-electron chi connectivity index (χ4n) is 2.52. The third-order valence-electron chi connectivity index (χ3n) is 4.08. The molecule has 2 atom stereocenters. The summed E-state index contributed by atoms with van der Waals surface area (Å²) in [6.45, 7) is 1.54. The molecule has 2 rings (SSSR count). The Morgan fingerprint density at radius 1 is 1.37 bits per heavy atom. The van der Waals surface area contributed by atoms with Crippen molar-refractivity contribution in [2.75, 3.05) is 13.2 Å². The second-order valence-electron chi connectivity index (χ2n) is 6.41. The molecule has 0 bridgehead atoms. The average molecular weight is 418 g/mol. The topological polar surface area (TPSA) is 117 Å². The van der Waals surface area contributed by atoms with Gasteiger partial charge in [0.15, 0.2) is 0 Å². The number of rotatable bonds is 9. The molecule has 27 heavy (non-hydrogen) atoms. The Balaban J connectivity index is 1.65. The second-order valence-corrected chi connectivity index (χ2v) is 7.20. The zero-order chi connectivity index (χ0) is 20.0. The van der Waals surface area contributed by atoms with Crippen molar-refractivity contribution in [3.05, 3.63) is 28.2 Å². The molecule has 0 spiro atoms. The number of imide groups is 1. The van der Waals surface area contributed by atoms with Gasteiger partial charge in [-0.15, -0.1) is 0 Å². The molecule has 148 valence electrons. The summed E-state index contributed by atoms with van der Waals surface area (Å²) in [5.41, 5.74) is -0.999. The largest absolute Gasteiger partial charge is 0.489 e. The fraction of sp³-hybridized carbons (Fsp3) is 0.471. The zero-order valence-electron chi connectivity index (χ0n) is 14.7. The first-order valence-corrected chi connectivity index (χ1v) is 9.12. The minimum Gasteiger partial charge on any atom is -0.489 e. The van der Waals surface area contributed by atoms with Crippen molar-refractivity contribution in [3.8, 4) is 5.75 Å². The van der Waals surface area contributed by atoms with Crippen molar-refractivity contribution >= 4 is 41.0 Å². The lowest BCUT2D eigenvalue weighted by molar-refractivity contribution is -0.125. The Labute approximate surface area is 166 Å². The number of hydrogen-bond acceptors (Lipinski definition) is 5. The quantitative estimate of drug-likeness (QED) is 0.455. The van der Waals surface area contributed by atoms with Gasteiger partial charge < -0.3 is 20.5 Å². The van der Waals surface area contributed by atoms with Crippen LogP contribution in [0.4, 0.5) is 4.79 Å². The van der Waals surface area contributed by atoms with E-state index in [-0.39, 0.29) is 30.5 Å². The average Bonchev–Trinajstić information content (AvgIpc) is 2.86. The van der Waals surface area contributed by atoms with Gasteiger partial charge >= 0.3 is 6.03 Å². The molecular formula is C17H21Cl2N3O5. The van der Waals surface area contributed by atoms with Crippen LogP contribution in [0, 0.1) is 0 Å². The predicted octanol–water partition coefficient (Wildman–Crippen LogP) is 1.62. The van der Waals surface area contributed by atoms with Gasteiger partial charge in [0.25, 0.3) is 5.91 Å². The van der Waals surface area contributed by atoms with Crippen molar-refractivity contribution in [3.63, 3.8) is 0 Å². The molecule has 1 saturated heterocycles. The molecule has 1 fully saturated rings. The molecule has 4 amide bonds. The van der Waals surface area contributed by atoms with E-state index in [4.69, 9.17) is 27.9 Å². The number of ether oxygens (including phenoxy) is 1. The maximum absolute atomic E-state index is 11.9. The van der Waals surface area contributed by atoms with Crippen molar-refractivity contribution in [2.24, 2.45) is 0 Å². The molecule has 1 aromatic rings. The van der Waals surface area contributed by atoms with E-state index in [1.165, 1.54) is 0 Å². The monoisotopic (exact) mass is 417 g/mol. The summed E-state index contributed by atoms with van der Waals surface area (Å²) >= 11 is 11.9. The lowest BCUT2D eigenvalue weighted by atomic mass is 9.95. The number of nitrogens with one attached hydrogen (secondary N) is 3. The highest BCUT2D eigenvalue weighted by Gasteiger charge is 2.41. The number of urea groups is 1. The van der Waals surface area contributed by atoms with Crippen LogP contribution in [0.1, 0.15) is 26.2 Å². The molecule has 4 N–H and O–H groups in total. The van der Waals surface area contributed by atoms with Gasteiger partial charge in [-0.1, -0.05) is 29.3 Å². The smallest absolute Gasteiger partial charge is 0.322 e. The number of amides is 4. The third kappa shape index (κ3) is 5.98. The lowest BCUT2D eigenvalue weighted by Crippen LogP contribution is -2.43. The number of carbonyl (C=O) groups excluding carboxylic acids is 3. The summed E-state index contributed by atoms with van der Waals surface area (Å²) in [6, 6.07) is 4.38. The molecule has 0 radical (unpaired) electrons. The van der Waals surface area contributed by atoms with Crippen molar-refractivity contribution in [1.82, 2.24) is 16.0 Å². The molecule has 8 nitrogen and oxygen atoms in total. The van der Waals surface area contributed by atoms with E-state index in [1.807, 2.05) is 0 Å². The molecule has 1 aliphatic rings. The Bertz CT molecular complexity index is 731. The van der Waals surface area contributed by atoms with Crippen molar-refractivity contribution < 1.29 is 24.2 Å². The number of aliphatic hydroxyl groups is 1. The van der Waals surface area contributed by atoms with Crippen LogP contribution < -0.4 is 20.7 Å². The number of hydrogen-bond donors (Lipinski definition) is 4. The number of benzene rings is 1. The fourth-order valence-corrected chi connectivity index (χ4v) is 2.87. The first-order valence-electron chi connectivity index (χ1n) is 8.36. The van der Waals surface area contributed by atoms with E-state index in [0.717, 1.165) is 0 Å². The molecular weight excluding hydrogens is 397 g/mol. The summed E-state index contributed by atoms with van der Waals surface area (Å²) < 4.78 is 5.39. The molecule has 2 unspecified atom stereocenters. The van der Waals surface area contributed by atoms with Crippen LogP contribution in [0.2, 0.25) is 10.0 Å². The minimum atomic E-state index is -0.999. The summed E-state index contributed by atoms with van der Waals surface area (Å²) in [7, 11) is 0. The van der Waals surface area contributed by atoms with Gasteiger partial charge in [-0.05, 0) is 31.9 Å². The second kappa shape index (κ2) is 9.25. The summed E-state index contributed by atoms with van der Waals surface area (Å²) in [5, 5.41) is 17.8. The molecule has 0 saturated carbocycles. The van der Waals surface area contributed by atoms with Gasteiger partial charge in [0, 0.05) is 13.0 Å². The molecule has 0 aromatic heterocycles. The van der Waals surface area contributed by atoms with Gasteiger partial charge in [-0.2, -0.15) is 0 Å². The highest BCUT2D eigenvalue weighted by atomic mass is 35.5. The van der Waals surface area contributed by atoms with E-state index in [0.29, 0.717) is 23.6 Å². The molecule has 10 heteroatoms. The standard InChI is InChI=1S/C17H21Cl2N3O5/c1-17(15(25)21-16(26)22-17)7-3-6-13(24)20-8-10(23)9-27-12-5-2-4-11(18)14(12)19/h2,4-5,10,23H,3,6-9H2,1H3,(H,20,24)(H2,21,22,25,26). The van der Waals surface area contributed by atoms with Crippen LogP contribution >= 0.6 is 23.2 Å². The SMILES string of the molecule is CC1(CCCC(=O)NCC(O)COc2cccc(Cl)c2Cl)NC(=O)NC1=O. The Morgan fingerprint density at radius 3 is 2.78 bits per heavy atom. The summed E-state index contributed by atoms with van der Waals surface area (Å²) in [5.74, 6) is -0.331. The van der Waals surface area contributed by atoms with Gasteiger partial charge in [-0.25, -0.2) is 4.79 Å². The summed E-state index contributed by atoms with van der Waals surface area (Å²) in [6.07, 6.45) is -0.0363. The van der Waals surface area contributed by atoms with Crippen molar-refractivity contribution in [2.45, 2.75) is 37.8 Å². The number of aliphatic hydroxyl groups excluding tert-OH is 1. The zero-order valence-corrected chi connectivity index (χ0v) is 16.2. The van der Waals surface area contributed by atoms with E-state index in [2.05, 4.69) is 16.0 Å². The first kappa shape index (κ1) is 21.3. The lowest BCUT2D eigenvalue weighted by Gasteiger charge is -2.20. The normalized spacial score (nSPS) is 20.0. The molecule has 1 aromatic carbocycles. The van der Waals surface area contributed by atoms with Gasteiger partial charge in [-0.3, -0.25) is 14.9 Å². The number of halogens is 2. The Morgan fingerprint density at radius 2 is 2.11 bits per heavy atom. The third-order valence-corrected chi connectivity index (χ3v) is 4.88. The minimum absolute atomic E-state index is 0.00546. The predicted molar refractivity (Wildman–Crippen MR) is 99.9 cm³/mol. The number of carbonyl (C=O) groups is 3. The molecule has 1 aliphatic heterocycles. The molecule has 1 heterocycles. The van der Waals surface area contributed by atoms with Crippen LogP contribution in [-0.4, -0.2) is 47.7 Å². The van der Waals surface area contributed by atoms with Crippen LogP contribution in [0.25, 0.3) is 0 Å². The highest BCUT2D eigenvalue weighted by Crippen LogP contribution is 2.31.